The molecular formula is C11H20O7S. The van der Waals surface area contributed by atoms with Crippen molar-refractivity contribution in [1.82, 2.24) is 0 Å². The van der Waals surface area contributed by atoms with Crippen molar-refractivity contribution in [3.63, 3.8) is 0 Å². The molecule has 3 atom stereocenters. The highest BCUT2D eigenvalue weighted by atomic mass is 32.2. The van der Waals surface area contributed by atoms with E-state index in [0.717, 1.165) is 12.8 Å². The zero-order valence-corrected chi connectivity index (χ0v) is 11.6. The Hall–Kier alpha value is -0.700. The lowest BCUT2D eigenvalue weighted by molar-refractivity contribution is -0.234. The van der Waals surface area contributed by atoms with Crippen molar-refractivity contribution in [1.29, 1.82) is 0 Å². The summed E-state index contributed by atoms with van der Waals surface area (Å²) in [5, 5.41) is 7.18. The first-order valence-corrected chi connectivity index (χ1v) is 7.82. The summed E-state index contributed by atoms with van der Waals surface area (Å²) < 4.78 is 36.6. The van der Waals surface area contributed by atoms with E-state index in [1.807, 2.05) is 0 Å². The van der Waals surface area contributed by atoms with Crippen LogP contribution in [0.4, 0.5) is 0 Å². The minimum Gasteiger partial charge on any atom is -0.368 e. The second-order valence-corrected chi connectivity index (χ2v) is 6.41. The van der Waals surface area contributed by atoms with Gasteiger partial charge in [-0.3, -0.25) is 4.55 Å². The molecule has 0 aromatic heterocycles. The number of carbonyl (C=O) groups is 1. The van der Waals surface area contributed by atoms with E-state index in [2.05, 4.69) is 4.89 Å². The van der Waals surface area contributed by atoms with Crippen molar-refractivity contribution in [2.24, 2.45) is 0 Å². The van der Waals surface area contributed by atoms with E-state index in [1.165, 1.54) is 0 Å². The molecule has 1 rings (SSSR count). The zero-order valence-electron chi connectivity index (χ0n) is 10.8. The first kappa shape index (κ1) is 16.4. The number of epoxide rings is 1. The quantitative estimate of drug-likeness (QED) is 0.217. The Labute approximate surface area is 112 Å². The van der Waals surface area contributed by atoms with Crippen molar-refractivity contribution < 1.29 is 32.6 Å². The van der Waals surface area contributed by atoms with Crippen LogP contribution in [-0.2, 0) is 24.5 Å². The highest BCUT2D eigenvalue weighted by molar-refractivity contribution is 7.86. The van der Waals surface area contributed by atoms with E-state index < -0.39 is 27.4 Å². The highest BCUT2D eigenvalue weighted by Crippen LogP contribution is 2.31. The van der Waals surface area contributed by atoms with E-state index in [0.29, 0.717) is 19.3 Å². The van der Waals surface area contributed by atoms with E-state index in [1.54, 1.807) is 6.92 Å². The Morgan fingerprint density at radius 2 is 1.89 bits per heavy atom. The molecule has 0 bridgehead atoms. The van der Waals surface area contributed by atoms with Crippen LogP contribution in [-0.4, -0.2) is 41.7 Å². The van der Waals surface area contributed by atoms with Crippen LogP contribution in [0.15, 0.2) is 0 Å². The molecule has 0 radical (unpaired) electrons. The maximum atomic E-state index is 11.2. The normalized spacial score (nSPS) is 23.9. The molecule has 0 aromatic carbocycles. The monoisotopic (exact) mass is 296 g/mol. The Balaban J connectivity index is 2.18. The summed E-state index contributed by atoms with van der Waals surface area (Å²) in [5.41, 5.74) is 0. The van der Waals surface area contributed by atoms with Gasteiger partial charge in [-0.1, -0.05) is 19.3 Å². The van der Waals surface area contributed by atoms with Gasteiger partial charge in [0.2, 0.25) is 0 Å². The third kappa shape index (κ3) is 5.85. The molecule has 8 heteroatoms. The van der Waals surface area contributed by atoms with Crippen LogP contribution in [0.1, 0.15) is 45.4 Å². The maximum Gasteiger partial charge on any atom is 0.342 e. The van der Waals surface area contributed by atoms with E-state index >= 15 is 0 Å². The van der Waals surface area contributed by atoms with Gasteiger partial charge in [-0.25, -0.2) is 4.79 Å². The molecule has 0 saturated carbocycles. The number of carbonyl (C=O) groups excluding carboxylic acids is 1. The molecule has 112 valence electrons. The molecule has 0 aliphatic carbocycles. The number of rotatable bonds is 9. The average molecular weight is 296 g/mol. The summed E-state index contributed by atoms with van der Waals surface area (Å²) in [5.74, 6) is -0.670. The minimum atomic E-state index is -4.08. The van der Waals surface area contributed by atoms with Crippen LogP contribution in [0.2, 0.25) is 0 Å². The fraction of sp³-hybridized carbons (Fsp3) is 0.909. The van der Waals surface area contributed by atoms with Gasteiger partial charge in [0.05, 0.1) is 6.10 Å². The summed E-state index contributed by atoms with van der Waals surface area (Å²) >= 11 is 0. The predicted molar refractivity (Wildman–Crippen MR) is 66.1 cm³/mol. The Morgan fingerprint density at radius 3 is 2.37 bits per heavy atom. The van der Waals surface area contributed by atoms with Gasteiger partial charge >= 0.3 is 5.97 Å². The molecule has 19 heavy (non-hydrogen) atoms. The summed E-state index contributed by atoms with van der Waals surface area (Å²) in [4.78, 5) is 14.1. The van der Waals surface area contributed by atoms with E-state index in [-0.39, 0.29) is 12.5 Å². The van der Waals surface area contributed by atoms with Gasteiger partial charge in [-0.15, -0.1) is 0 Å². The maximum absolute atomic E-state index is 11.2. The van der Waals surface area contributed by atoms with Crippen LogP contribution >= 0.6 is 0 Å². The SMILES string of the molecule is CC1OC1C(CCCCCCC(=O)OO)S(=O)(=O)O. The van der Waals surface area contributed by atoms with Crippen molar-refractivity contribution in [2.75, 3.05) is 0 Å². The van der Waals surface area contributed by atoms with Gasteiger partial charge in [0, 0.05) is 6.42 Å². The lowest BCUT2D eigenvalue weighted by atomic mass is 10.1. The highest BCUT2D eigenvalue weighted by Gasteiger charge is 2.46. The third-order valence-electron chi connectivity index (χ3n) is 3.23. The molecule has 1 saturated heterocycles. The lowest BCUT2D eigenvalue weighted by Gasteiger charge is -2.10. The van der Waals surface area contributed by atoms with Gasteiger partial charge in [0.15, 0.2) is 0 Å². The van der Waals surface area contributed by atoms with Gasteiger partial charge in [0.1, 0.15) is 11.4 Å². The smallest absolute Gasteiger partial charge is 0.342 e. The fourth-order valence-corrected chi connectivity index (χ4v) is 3.18. The molecule has 0 aromatic rings. The van der Waals surface area contributed by atoms with Crippen molar-refractivity contribution in [2.45, 2.75) is 62.9 Å². The van der Waals surface area contributed by atoms with E-state index in [9.17, 15) is 13.2 Å². The molecule has 1 heterocycles. The molecule has 3 unspecified atom stereocenters. The summed E-state index contributed by atoms with van der Waals surface area (Å²) in [6.07, 6.45) is 2.64. The van der Waals surface area contributed by atoms with Crippen LogP contribution in [0.5, 0.6) is 0 Å². The minimum absolute atomic E-state index is 0.119. The molecule has 0 spiro atoms. The number of ether oxygens (including phenoxy) is 1. The third-order valence-corrected chi connectivity index (χ3v) is 4.50. The molecule has 2 N–H and O–H groups in total. The van der Waals surface area contributed by atoms with Crippen molar-refractivity contribution in [3.8, 4) is 0 Å². The lowest BCUT2D eigenvalue weighted by Crippen LogP contribution is -2.27. The molecule has 1 aliphatic rings. The Bertz CT molecular complexity index is 392. The average Bonchev–Trinajstić information content (AvgIpc) is 3.02. The molecule has 1 fully saturated rings. The van der Waals surface area contributed by atoms with Crippen molar-refractivity contribution >= 4 is 16.1 Å². The second-order valence-electron chi connectivity index (χ2n) is 4.78. The summed E-state index contributed by atoms with van der Waals surface area (Å²) in [6.45, 7) is 1.77. The second kappa shape index (κ2) is 7.18. The molecule has 0 amide bonds. The summed E-state index contributed by atoms with van der Waals surface area (Å²) in [6, 6.07) is 0. The van der Waals surface area contributed by atoms with Crippen molar-refractivity contribution in [3.05, 3.63) is 0 Å². The van der Waals surface area contributed by atoms with Crippen LogP contribution in [0.25, 0.3) is 0 Å². The largest absolute Gasteiger partial charge is 0.368 e. The molecule has 7 nitrogen and oxygen atoms in total. The zero-order chi connectivity index (χ0) is 14.5. The fourth-order valence-electron chi connectivity index (χ4n) is 2.09. The number of hydrogen-bond acceptors (Lipinski definition) is 6. The molecular weight excluding hydrogens is 276 g/mol. The number of hydrogen-bond donors (Lipinski definition) is 2. The van der Waals surface area contributed by atoms with Crippen LogP contribution < -0.4 is 0 Å². The van der Waals surface area contributed by atoms with Crippen LogP contribution in [0, 0.1) is 0 Å². The van der Waals surface area contributed by atoms with Crippen LogP contribution in [0.3, 0.4) is 0 Å². The van der Waals surface area contributed by atoms with E-state index in [4.69, 9.17) is 14.5 Å². The van der Waals surface area contributed by atoms with Gasteiger partial charge < -0.3 is 9.62 Å². The van der Waals surface area contributed by atoms with Gasteiger partial charge in [-0.2, -0.15) is 13.7 Å². The first-order chi connectivity index (χ1) is 8.86. The van der Waals surface area contributed by atoms with Gasteiger partial charge in [0.25, 0.3) is 10.1 Å². The topological polar surface area (TPSA) is 113 Å². The summed E-state index contributed by atoms with van der Waals surface area (Å²) in [7, 11) is -4.08. The predicted octanol–water partition coefficient (Wildman–Crippen LogP) is 1.39. The Morgan fingerprint density at radius 1 is 1.32 bits per heavy atom. The number of unbranched alkanes of at least 4 members (excludes halogenated alkanes) is 3. The standard InChI is InChI=1S/C11H20O7S/c1-8-11(17-8)9(19(14,15)16)6-4-2-3-5-7-10(12)18-13/h8-9,11,13H,2-7H2,1H3,(H,14,15,16). The Kier molecular flexibility index (Phi) is 6.18. The van der Waals surface area contributed by atoms with Gasteiger partial charge in [-0.05, 0) is 19.8 Å². The molecule has 1 aliphatic heterocycles. The first-order valence-electron chi connectivity index (χ1n) is 6.32.